The number of carboxylic acids is 1. The van der Waals surface area contributed by atoms with Gasteiger partial charge in [-0.05, 0) is 50.7 Å². The number of nitrogens with zero attached hydrogens (tertiary/aromatic N) is 2. The minimum atomic E-state index is -0.956. The van der Waals surface area contributed by atoms with E-state index in [0.717, 1.165) is 43.3 Å². The average molecular weight is 309 g/mol. The zero-order chi connectivity index (χ0) is 15.4. The number of piperidine rings is 1. The molecule has 4 nitrogen and oxygen atoms in total. The van der Waals surface area contributed by atoms with Gasteiger partial charge >= 0.3 is 5.97 Å². The number of rotatable bonds is 4. The SMILES string of the molecule is CN1CCC(N(C)c2c(Cl)cccc2/C=C/C(=O)O)CC1. The molecule has 1 saturated heterocycles. The molecule has 0 unspecified atom stereocenters. The number of likely N-dealkylation sites (tertiary alicyclic amines) is 1. The number of hydrogen-bond donors (Lipinski definition) is 1. The molecule has 0 aromatic heterocycles. The van der Waals surface area contributed by atoms with Gasteiger partial charge in [0.15, 0.2) is 0 Å². The Hall–Kier alpha value is -1.52. The van der Waals surface area contributed by atoms with Crippen molar-refractivity contribution in [1.82, 2.24) is 4.90 Å². The summed E-state index contributed by atoms with van der Waals surface area (Å²) in [7, 11) is 4.17. The van der Waals surface area contributed by atoms with Gasteiger partial charge in [0.2, 0.25) is 0 Å². The van der Waals surface area contributed by atoms with Gasteiger partial charge in [-0.15, -0.1) is 0 Å². The molecular formula is C16H21ClN2O2. The predicted molar refractivity (Wildman–Crippen MR) is 87.0 cm³/mol. The van der Waals surface area contributed by atoms with Crippen molar-refractivity contribution in [2.45, 2.75) is 18.9 Å². The molecule has 5 heteroatoms. The summed E-state index contributed by atoms with van der Waals surface area (Å²) in [5.41, 5.74) is 1.75. The van der Waals surface area contributed by atoms with Crippen LogP contribution < -0.4 is 4.90 Å². The first-order chi connectivity index (χ1) is 9.99. The Kier molecular flexibility index (Phi) is 5.26. The van der Waals surface area contributed by atoms with Crippen molar-refractivity contribution in [3.05, 3.63) is 34.9 Å². The number of hydrogen-bond acceptors (Lipinski definition) is 3. The highest BCUT2D eigenvalue weighted by Gasteiger charge is 2.23. The smallest absolute Gasteiger partial charge is 0.328 e. The summed E-state index contributed by atoms with van der Waals surface area (Å²) >= 11 is 6.35. The highest BCUT2D eigenvalue weighted by molar-refractivity contribution is 6.33. The van der Waals surface area contributed by atoms with Crippen LogP contribution in [0.4, 0.5) is 5.69 Å². The summed E-state index contributed by atoms with van der Waals surface area (Å²) in [4.78, 5) is 15.3. The van der Waals surface area contributed by atoms with Gasteiger partial charge in [0, 0.05) is 19.2 Å². The number of carbonyl (C=O) groups is 1. The summed E-state index contributed by atoms with van der Waals surface area (Å²) in [6.07, 6.45) is 4.92. The second-order valence-electron chi connectivity index (χ2n) is 5.49. The number of anilines is 1. The highest BCUT2D eigenvalue weighted by Crippen LogP contribution is 2.33. The van der Waals surface area contributed by atoms with Crippen molar-refractivity contribution in [1.29, 1.82) is 0 Å². The van der Waals surface area contributed by atoms with E-state index < -0.39 is 5.97 Å². The first-order valence-corrected chi connectivity index (χ1v) is 7.47. The summed E-state index contributed by atoms with van der Waals surface area (Å²) in [6.45, 7) is 2.14. The van der Waals surface area contributed by atoms with Gasteiger partial charge in [-0.3, -0.25) is 0 Å². The minimum Gasteiger partial charge on any atom is -0.478 e. The zero-order valence-electron chi connectivity index (χ0n) is 12.4. The molecule has 0 aliphatic carbocycles. The van der Waals surface area contributed by atoms with E-state index in [-0.39, 0.29) is 0 Å². The maximum absolute atomic E-state index is 10.7. The Morgan fingerprint density at radius 2 is 2.10 bits per heavy atom. The molecule has 21 heavy (non-hydrogen) atoms. The van der Waals surface area contributed by atoms with Crippen LogP contribution in [0.2, 0.25) is 5.02 Å². The summed E-state index contributed by atoms with van der Waals surface area (Å²) in [5.74, 6) is -0.956. The van der Waals surface area contributed by atoms with Crippen LogP contribution in [-0.4, -0.2) is 49.2 Å². The fourth-order valence-corrected chi connectivity index (χ4v) is 3.08. The van der Waals surface area contributed by atoms with Crippen LogP contribution in [0, 0.1) is 0 Å². The Bertz CT molecular complexity index is 537. The molecule has 0 spiro atoms. The third-order valence-corrected chi connectivity index (χ3v) is 4.32. The van der Waals surface area contributed by atoms with E-state index in [9.17, 15) is 4.79 Å². The van der Waals surface area contributed by atoms with E-state index >= 15 is 0 Å². The van der Waals surface area contributed by atoms with Crippen LogP contribution in [-0.2, 0) is 4.79 Å². The highest BCUT2D eigenvalue weighted by atomic mass is 35.5. The van der Waals surface area contributed by atoms with Crippen LogP contribution in [0.3, 0.4) is 0 Å². The molecule has 1 aliphatic rings. The van der Waals surface area contributed by atoms with E-state index in [1.165, 1.54) is 0 Å². The number of carboxylic acid groups (broad SMARTS) is 1. The van der Waals surface area contributed by atoms with Crippen LogP contribution in [0.25, 0.3) is 6.08 Å². The summed E-state index contributed by atoms with van der Waals surface area (Å²) in [6, 6.07) is 6.01. The molecule has 1 fully saturated rings. The maximum atomic E-state index is 10.7. The molecule has 0 saturated carbocycles. The summed E-state index contributed by atoms with van der Waals surface area (Å²) in [5, 5.41) is 9.47. The van der Waals surface area contributed by atoms with Gasteiger partial charge in [-0.1, -0.05) is 23.7 Å². The molecule has 1 N–H and O–H groups in total. The molecule has 1 aromatic rings. The zero-order valence-corrected chi connectivity index (χ0v) is 13.2. The Morgan fingerprint density at radius 3 is 2.71 bits per heavy atom. The second-order valence-corrected chi connectivity index (χ2v) is 5.90. The monoisotopic (exact) mass is 308 g/mol. The van der Waals surface area contributed by atoms with Crippen molar-refractivity contribution >= 4 is 29.3 Å². The topological polar surface area (TPSA) is 43.8 Å². The molecule has 1 aromatic carbocycles. The van der Waals surface area contributed by atoms with E-state index in [1.54, 1.807) is 6.08 Å². The minimum absolute atomic E-state index is 0.429. The van der Waals surface area contributed by atoms with Gasteiger partial charge in [-0.2, -0.15) is 0 Å². The Labute approximate surface area is 130 Å². The standard InChI is InChI=1S/C16H21ClN2O2/c1-18-10-8-13(9-11-18)19(2)16-12(6-7-15(20)21)4-3-5-14(16)17/h3-7,13H,8-11H2,1-2H3,(H,20,21)/b7-6+. The number of aliphatic carboxylic acids is 1. The number of para-hydroxylation sites is 1. The lowest BCUT2D eigenvalue weighted by Crippen LogP contribution is -2.42. The largest absolute Gasteiger partial charge is 0.478 e. The lowest BCUT2D eigenvalue weighted by Gasteiger charge is -2.37. The molecular weight excluding hydrogens is 288 g/mol. The van der Waals surface area contributed by atoms with Crippen LogP contribution in [0.1, 0.15) is 18.4 Å². The summed E-state index contributed by atoms with van der Waals surface area (Å²) < 4.78 is 0. The first-order valence-electron chi connectivity index (χ1n) is 7.10. The van der Waals surface area contributed by atoms with E-state index in [0.29, 0.717) is 11.1 Å². The third-order valence-electron chi connectivity index (χ3n) is 4.01. The first kappa shape index (κ1) is 15.9. The number of halogens is 1. The molecule has 2 rings (SSSR count). The molecule has 0 radical (unpaired) electrons. The Morgan fingerprint density at radius 1 is 1.43 bits per heavy atom. The van der Waals surface area contributed by atoms with Crippen LogP contribution in [0.5, 0.6) is 0 Å². The Balaban J connectivity index is 2.27. The predicted octanol–water partition coefficient (Wildman–Crippen LogP) is 2.97. The van der Waals surface area contributed by atoms with Crippen LogP contribution in [0.15, 0.2) is 24.3 Å². The van der Waals surface area contributed by atoms with Crippen molar-refractivity contribution in [3.63, 3.8) is 0 Å². The van der Waals surface area contributed by atoms with Crippen LogP contribution >= 0.6 is 11.6 Å². The van der Waals surface area contributed by atoms with Gasteiger partial charge < -0.3 is 14.9 Å². The van der Waals surface area contributed by atoms with E-state index in [2.05, 4.69) is 16.8 Å². The lowest BCUT2D eigenvalue weighted by atomic mass is 10.0. The van der Waals surface area contributed by atoms with Crippen molar-refractivity contribution < 1.29 is 9.90 Å². The molecule has 0 bridgehead atoms. The quantitative estimate of drug-likeness (QED) is 0.869. The maximum Gasteiger partial charge on any atom is 0.328 e. The van der Waals surface area contributed by atoms with Crippen molar-refractivity contribution in [2.75, 3.05) is 32.1 Å². The van der Waals surface area contributed by atoms with Gasteiger partial charge in [0.05, 0.1) is 10.7 Å². The van der Waals surface area contributed by atoms with Crippen molar-refractivity contribution in [2.24, 2.45) is 0 Å². The normalized spacial score (nSPS) is 17.3. The molecule has 0 amide bonds. The van der Waals surface area contributed by atoms with Gasteiger partial charge in [-0.25, -0.2) is 4.79 Å². The second kappa shape index (κ2) is 6.96. The molecule has 1 heterocycles. The third kappa shape index (κ3) is 3.99. The lowest BCUT2D eigenvalue weighted by molar-refractivity contribution is -0.131. The fraction of sp³-hybridized carbons (Fsp3) is 0.438. The van der Waals surface area contributed by atoms with E-state index in [1.807, 2.05) is 25.2 Å². The molecule has 0 atom stereocenters. The van der Waals surface area contributed by atoms with Gasteiger partial charge in [0.25, 0.3) is 0 Å². The molecule has 114 valence electrons. The van der Waals surface area contributed by atoms with Crippen molar-refractivity contribution in [3.8, 4) is 0 Å². The number of benzene rings is 1. The van der Waals surface area contributed by atoms with E-state index in [4.69, 9.17) is 16.7 Å². The molecule has 1 aliphatic heterocycles. The average Bonchev–Trinajstić information content (AvgIpc) is 2.45. The fourth-order valence-electron chi connectivity index (χ4n) is 2.76. The van der Waals surface area contributed by atoms with Gasteiger partial charge in [0.1, 0.15) is 0 Å².